The molecule has 0 spiro atoms. The molecule has 7 heteroatoms. The molecule has 2 aliphatic rings. The van der Waals surface area contributed by atoms with E-state index in [1.165, 1.54) is 0 Å². The summed E-state index contributed by atoms with van der Waals surface area (Å²) in [5.41, 5.74) is 5.52. The van der Waals surface area contributed by atoms with Crippen molar-refractivity contribution >= 4 is 30.7 Å². The van der Waals surface area contributed by atoms with Crippen molar-refractivity contribution in [1.29, 1.82) is 0 Å². The number of hydrogen-bond donors (Lipinski definition) is 2. The van der Waals surface area contributed by atoms with Crippen LogP contribution in [0.4, 0.5) is 0 Å². The summed E-state index contributed by atoms with van der Waals surface area (Å²) in [6.07, 6.45) is 4.17. The zero-order valence-corrected chi connectivity index (χ0v) is 13.6. The molecule has 0 aromatic carbocycles. The van der Waals surface area contributed by atoms with E-state index in [1.54, 1.807) is 0 Å². The molecule has 1 saturated carbocycles. The second-order valence-electron chi connectivity index (χ2n) is 5.40. The molecule has 3 N–H and O–H groups in total. The van der Waals surface area contributed by atoms with Gasteiger partial charge in [0.1, 0.15) is 0 Å². The van der Waals surface area contributed by atoms with Gasteiger partial charge in [-0.1, -0.05) is 12.8 Å². The fourth-order valence-corrected chi connectivity index (χ4v) is 2.92. The third-order valence-corrected chi connectivity index (χ3v) is 4.25. The van der Waals surface area contributed by atoms with Crippen LogP contribution in [0.1, 0.15) is 25.7 Å². The summed E-state index contributed by atoms with van der Waals surface area (Å²) in [5.74, 6) is 0.163. The normalized spacial score (nSPS) is 21.6. The second-order valence-corrected chi connectivity index (χ2v) is 5.40. The minimum absolute atomic E-state index is 0. The van der Waals surface area contributed by atoms with Gasteiger partial charge in [-0.2, -0.15) is 0 Å². The van der Waals surface area contributed by atoms with Crippen LogP contribution >= 0.6 is 24.8 Å². The highest BCUT2D eigenvalue weighted by Gasteiger charge is 2.39. The predicted octanol–water partition coefficient (Wildman–Crippen LogP) is 0.797. The Balaban J connectivity index is 0.00000180. The Morgan fingerprint density at radius 1 is 1.20 bits per heavy atom. The van der Waals surface area contributed by atoms with E-state index in [-0.39, 0.29) is 36.1 Å². The summed E-state index contributed by atoms with van der Waals surface area (Å²) in [5, 5.41) is 3.06. The molecule has 120 valence electrons. The number of carbonyl (C=O) groups is 1. The van der Waals surface area contributed by atoms with E-state index in [0.29, 0.717) is 6.54 Å². The summed E-state index contributed by atoms with van der Waals surface area (Å²) in [4.78, 5) is 14.5. The lowest BCUT2D eigenvalue weighted by Gasteiger charge is -2.29. The molecule has 0 radical (unpaired) electrons. The van der Waals surface area contributed by atoms with E-state index in [2.05, 4.69) is 10.2 Å². The molecule has 2 fully saturated rings. The first-order valence-electron chi connectivity index (χ1n) is 7.05. The first-order valence-corrected chi connectivity index (χ1v) is 7.05. The Morgan fingerprint density at radius 3 is 2.35 bits per heavy atom. The summed E-state index contributed by atoms with van der Waals surface area (Å²) >= 11 is 0. The van der Waals surface area contributed by atoms with E-state index in [4.69, 9.17) is 10.5 Å². The highest BCUT2D eigenvalue weighted by Crippen LogP contribution is 2.37. The van der Waals surface area contributed by atoms with Gasteiger partial charge in [0.05, 0.1) is 18.6 Å². The molecule has 1 aliphatic heterocycles. The zero-order chi connectivity index (χ0) is 12.8. The number of rotatable bonds is 5. The summed E-state index contributed by atoms with van der Waals surface area (Å²) < 4.78 is 5.30. The topological polar surface area (TPSA) is 67.6 Å². The molecule has 20 heavy (non-hydrogen) atoms. The third kappa shape index (κ3) is 5.04. The number of morpholine rings is 1. The minimum atomic E-state index is -0.273. The Bertz CT molecular complexity index is 281. The van der Waals surface area contributed by atoms with Crippen LogP contribution in [0.5, 0.6) is 0 Å². The van der Waals surface area contributed by atoms with E-state index < -0.39 is 0 Å². The average Bonchev–Trinajstić information content (AvgIpc) is 2.90. The molecule has 1 amide bonds. The lowest BCUT2D eigenvalue weighted by atomic mass is 9.85. The number of nitrogens with zero attached hydrogens (tertiary/aromatic N) is 1. The maximum atomic E-state index is 12.2. The van der Waals surface area contributed by atoms with Gasteiger partial charge < -0.3 is 15.8 Å². The Hall–Kier alpha value is -0.0700. The van der Waals surface area contributed by atoms with E-state index in [1.807, 2.05) is 0 Å². The number of nitrogens with one attached hydrogen (secondary N) is 1. The molecule has 1 heterocycles. The molecule has 5 nitrogen and oxygen atoms in total. The molecule has 1 saturated heterocycles. The van der Waals surface area contributed by atoms with E-state index in [9.17, 15) is 4.79 Å². The molecule has 0 unspecified atom stereocenters. The standard InChI is InChI=1S/C13H25N3O2.2ClH/c14-11-13(3-1-2-4-13)12(17)15-5-6-16-7-9-18-10-8-16;;/h1-11,14H2,(H,15,17);2*1H. The molecule has 0 aromatic heterocycles. The SMILES string of the molecule is Cl.Cl.NCC1(C(=O)NCCN2CCOCC2)CCCC1. The van der Waals surface area contributed by atoms with Crippen LogP contribution in [-0.2, 0) is 9.53 Å². The van der Waals surface area contributed by atoms with Crippen LogP contribution in [0.25, 0.3) is 0 Å². The molecule has 1 aliphatic carbocycles. The van der Waals surface area contributed by atoms with Crippen LogP contribution in [0.2, 0.25) is 0 Å². The van der Waals surface area contributed by atoms with Crippen molar-refractivity contribution in [3.63, 3.8) is 0 Å². The highest BCUT2D eigenvalue weighted by atomic mass is 35.5. The van der Waals surface area contributed by atoms with E-state index in [0.717, 1.165) is 65.1 Å². The van der Waals surface area contributed by atoms with Gasteiger partial charge in [0, 0.05) is 32.7 Å². The van der Waals surface area contributed by atoms with Gasteiger partial charge in [-0.05, 0) is 12.8 Å². The van der Waals surface area contributed by atoms with Crippen LogP contribution in [0.15, 0.2) is 0 Å². The van der Waals surface area contributed by atoms with E-state index >= 15 is 0 Å². The first-order chi connectivity index (χ1) is 8.77. The van der Waals surface area contributed by atoms with Crippen molar-refractivity contribution in [2.75, 3.05) is 45.9 Å². The molecular formula is C13H27Cl2N3O2. The number of carbonyl (C=O) groups excluding carboxylic acids is 1. The monoisotopic (exact) mass is 327 g/mol. The van der Waals surface area contributed by atoms with Crippen LogP contribution in [0.3, 0.4) is 0 Å². The van der Waals surface area contributed by atoms with Crippen LogP contribution in [0, 0.1) is 5.41 Å². The van der Waals surface area contributed by atoms with Crippen molar-refractivity contribution in [3.05, 3.63) is 0 Å². The van der Waals surface area contributed by atoms with Crippen molar-refractivity contribution in [1.82, 2.24) is 10.2 Å². The van der Waals surface area contributed by atoms with Crippen molar-refractivity contribution in [3.8, 4) is 0 Å². The second kappa shape index (κ2) is 9.79. The summed E-state index contributed by atoms with van der Waals surface area (Å²) in [7, 11) is 0. The van der Waals surface area contributed by atoms with Crippen molar-refractivity contribution < 1.29 is 9.53 Å². The lowest BCUT2D eigenvalue weighted by Crippen LogP contribution is -2.47. The van der Waals surface area contributed by atoms with Gasteiger partial charge in [-0.15, -0.1) is 24.8 Å². The molecular weight excluding hydrogens is 301 g/mol. The summed E-state index contributed by atoms with van der Waals surface area (Å²) in [6, 6.07) is 0. The maximum Gasteiger partial charge on any atom is 0.227 e. The number of ether oxygens (including phenoxy) is 1. The highest BCUT2D eigenvalue weighted by molar-refractivity contribution is 5.85. The molecule has 0 aromatic rings. The number of hydrogen-bond acceptors (Lipinski definition) is 4. The number of nitrogens with two attached hydrogens (primary N) is 1. The summed E-state index contributed by atoms with van der Waals surface area (Å²) in [6.45, 7) is 5.67. The first kappa shape index (κ1) is 19.9. The Morgan fingerprint density at radius 2 is 1.80 bits per heavy atom. The van der Waals surface area contributed by atoms with Crippen molar-refractivity contribution in [2.45, 2.75) is 25.7 Å². The Kier molecular flexibility index (Phi) is 9.76. The third-order valence-electron chi connectivity index (χ3n) is 4.25. The quantitative estimate of drug-likeness (QED) is 0.783. The Labute approximate surface area is 133 Å². The predicted molar refractivity (Wildman–Crippen MR) is 84.7 cm³/mol. The minimum Gasteiger partial charge on any atom is -0.379 e. The largest absolute Gasteiger partial charge is 0.379 e. The van der Waals surface area contributed by atoms with Crippen LogP contribution in [-0.4, -0.2) is 56.7 Å². The molecule has 2 rings (SSSR count). The van der Waals surface area contributed by atoms with Gasteiger partial charge in [0.15, 0.2) is 0 Å². The smallest absolute Gasteiger partial charge is 0.227 e. The number of amides is 1. The lowest BCUT2D eigenvalue weighted by molar-refractivity contribution is -0.130. The van der Waals surface area contributed by atoms with Gasteiger partial charge >= 0.3 is 0 Å². The van der Waals surface area contributed by atoms with Gasteiger partial charge in [-0.25, -0.2) is 0 Å². The number of halogens is 2. The fraction of sp³-hybridized carbons (Fsp3) is 0.923. The van der Waals surface area contributed by atoms with Gasteiger partial charge in [-0.3, -0.25) is 9.69 Å². The fourth-order valence-electron chi connectivity index (χ4n) is 2.92. The zero-order valence-electron chi connectivity index (χ0n) is 11.9. The molecule has 0 bridgehead atoms. The van der Waals surface area contributed by atoms with Gasteiger partial charge in [0.2, 0.25) is 5.91 Å². The van der Waals surface area contributed by atoms with Crippen LogP contribution < -0.4 is 11.1 Å². The molecule has 0 atom stereocenters. The van der Waals surface area contributed by atoms with Crippen molar-refractivity contribution in [2.24, 2.45) is 11.1 Å². The average molecular weight is 328 g/mol. The maximum absolute atomic E-state index is 12.2. The van der Waals surface area contributed by atoms with Gasteiger partial charge in [0.25, 0.3) is 0 Å².